The van der Waals surface area contributed by atoms with Gasteiger partial charge in [-0.2, -0.15) is 0 Å². The van der Waals surface area contributed by atoms with Gasteiger partial charge in [0.1, 0.15) is 5.69 Å². The largest absolute Gasteiger partial charge is 0.296 e. The van der Waals surface area contributed by atoms with Gasteiger partial charge in [0.25, 0.3) is 0 Å². The third kappa shape index (κ3) is 2.31. The lowest BCUT2D eigenvalue weighted by atomic mass is 10.1. The number of carbonyl (C=O) groups excluding carboxylic acids is 1. The van der Waals surface area contributed by atoms with E-state index in [9.17, 15) is 13.6 Å². The first-order chi connectivity index (χ1) is 10.2. The van der Waals surface area contributed by atoms with Gasteiger partial charge in [0.05, 0.1) is 5.69 Å². The summed E-state index contributed by atoms with van der Waals surface area (Å²) < 4.78 is 27.9. The Labute approximate surface area is 118 Å². The molecule has 0 aliphatic rings. The second kappa shape index (κ2) is 5.24. The lowest BCUT2D eigenvalue weighted by Gasteiger charge is -2.07. The van der Waals surface area contributed by atoms with Crippen LogP contribution in [0, 0.1) is 11.6 Å². The van der Waals surface area contributed by atoms with E-state index in [1.54, 1.807) is 24.3 Å². The Morgan fingerprint density at radius 2 is 1.76 bits per heavy atom. The number of aldehydes is 1. The number of hydrogen-bond donors (Lipinski definition) is 0. The summed E-state index contributed by atoms with van der Waals surface area (Å²) in [5.74, 6) is -1.95. The van der Waals surface area contributed by atoms with E-state index >= 15 is 0 Å². The van der Waals surface area contributed by atoms with E-state index in [1.165, 1.54) is 10.7 Å². The van der Waals surface area contributed by atoms with Gasteiger partial charge < -0.3 is 0 Å². The van der Waals surface area contributed by atoms with Crippen LogP contribution in [0.5, 0.6) is 0 Å². The smallest absolute Gasteiger partial charge is 0.172 e. The zero-order valence-corrected chi connectivity index (χ0v) is 10.7. The molecular formula is C15H9F2N3O. The van der Waals surface area contributed by atoms with Crippen LogP contribution in [0.15, 0.2) is 48.5 Å². The minimum atomic E-state index is -0.995. The number of halogens is 2. The molecule has 0 saturated carbocycles. The molecule has 0 N–H and O–H groups in total. The van der Waals surface area contributed by atoms with Crippen LogP contribution in [0.4, 0.5) is 8.78 Å². The maximum atomic E-state index is 13.4. The molecule has 21 heavy (non-hydrogen) atoms. The van der Waals surface area contributed by atoms with Gasteiger partial charge in [0.2, 0.25) is 0 Å². The summed E-state index contributed by atoms with van der Waals surface area (Å²) in [5, 5.41) is 7.67. The first-order valence-electron chi connectivity index (χ1n) is 6.12. The minimum absolute atomic E-state index is 0.0601. The number of aromatic nitrogens is 3. The van der Waals surface area contributed by atoms with Crippen LogP contribution in [0.25, 0.3) is 16.9 Å². The molecule has 0 fully saturated rings. The maximum Gasteiger partial charge on any atom is 0.172 e. The highest BCUT2D eigenvalue weighted by molar-refractivity contribution is 5.83. The van der Waals surface area contributed by atoms with Gasteiger partial charge in [0.15, 0.2) is 23.6 Å². The summed E-state index contributed by atoms with van der Waals surface area (Å²) >= 11 is 0. The van der Waals surface area contributed by atoms with E-state index in [-0.39, 0.29) is 5.69 Å². The Kier molecular flexibility index (Phi) is 3.27. The summed E-state index contributed by atoms with van der Waals surface area (Å²) in [5.41, 5.74) is 1.36. The molecule has 0 bridgehead atoms. The first kappa shape index (κ1) is 13.1. The van der Waals surface area contributed by atoms with Crippen molar-refractivity contribution >= 4 is 6.29 Å². The van der Waals surface area contributed by atoms with Gasteiger partial charge in [-0.1, -0.05) is 23.4 Å². The molecule has 0 amide bonds. The summed E-state index contributed by atoms with van der Waals surface area (Å²) in [6.07, 6.45) is 0.531. The second-order valence-electron chi connectivity index (χ2n) is 4.32. The van der Waals surface area contributed by atoms with E-state index in [4.69, 9.17) is 0 Å². The van der Waals surface area contributed by atoms with Crippen molar-refractivity contribution < 1.29 is 13.6 Å². The van der Waals surface area contributed by atoms with Gasteiger partial charge in [-0.25, -0.2) is 13.5 Å². The first-order valence-corrected chi connectivity index (χ1v) is 6.12. The molecule has 0 unspecified atom stereocenters. The Morgan fingerprint density at radius 3 is 2.43 bits per heavy atom. The molecule has 0 aliphatic heterocycles. The van der Waals surface area contributed by atoms with Crippen LogP contribution >= 0.6 is 0 Å². The molecule has 0 spiro atoms. The molecule has 0 aliphatic carbocycles. The van der Waals surface area contributed by atoms with Crippen LogP contribution in [0.2, 0.25) is 0 Å². The molecule has 104 valence electrons. The van der Waals surface area contributed by atoms with Gasteiger partial charge >= 0.3 is 0 Å². The standard InChI is InChI=1S/C15H9F2N3O/c16-12-7-6-10(8-13(12)17)15-14(9-21)18-19-20(15)11-4-2-1-3-5-11/h1-9H. The third-order valence-electron chi connectivity index (χ3n) is 3.00. The molecule has 2 aromatic carbocycles. The molecule has 0 saturated heterocycles. The van der Waals surface area contributed by atoms with E-state index in [0.29, 0.717) is 23.2 Å². The van der Waals surface area contributed by atoms with Crippen LogP contribution in [0.1, 0.15) is 10.5 Å². The van der Waals surface area contributed by atoms with Gasteiger partial charge in [-0.15, -0.1) is 5.10 Å². The topological polar surface area (TPSA) is 47.8 Å². The molecule has 3 aromatic rings. The van der Waals surface area contributed by atoms with E-state index < -0.39 is 11.6 Å². The van der Waals surface area contributed by atoms with Crippen molar-refractivity contribution in [1.82, 2.24) is 15.0 Å². The Hall–Kier alpha value is -2.89. The third-order valence-corrected chi connectivity index (χ3v) is 3.00. The summed E-state index contributed by atoms with van der Waals surface area (Å²) in [4.78, 5) is 11.1. The predicted octanol–water partition coefficient (Wildman–Crippen LogP) is 3.03. The van der Waals surface area contributed by atoms with Crippen LogP contribution in [-0.2, 0) is 0 Å². The fraction of sp³-hybridized carbons (Fsp3) is 0. The second-order valence-corrected chi connectivity index (χ2v) is 4.32. The highest BCUT2D eigenvalue weighted by Crippen LogP contribution is 2.25. The van der Waals surface area contributed by atoms with Crippen molar-refractivity contribution in [2.24, 2.45) is 0 Å². The average molecular weight is 285 g/mol. The molecule has 3 rings (SSSR count). The monoisotopic (exact) mass is 285 g/mol. The number of rotatable bonds is 3. The molecule has 0 atom stereocenters. The highest BCUT2D eigenvalue weighted by atomic mass is 19.2. The molecule has 0 radical (unpaired) electrons. The SMILES string of the molecule is O=Cc1nnn(-c2ccccc2)c1-c1ccc(F)c(F)c1. The molecule has 1 heterocycles. The fourth-order valence-corrected chi connectivity index (χ4v) is 2.04. The van der Waals surface area contributed by atoms with Crippen LogP contribution in [-0.4, -0.2) is 21.3 Å². The molecule has 6 heteroatoms. The zero-order chi connectivity index (χ0) is 14.8. The number of carbonyl (C=O) groups is 1. The summed E-state index contributed by atoms with van der Waals surface area (Å²) in [6.45, 7) is 0. The predicted molar refractivity (Wildman–Crippen MR) is 72.1 cm³/mol. The molecule has 4 nitrogen and oxygen atoms in total. The van der Waals surface area contributed by atoms with Crippen molar-refractivity contribution in [2.45, 2.75) is 0 Å². The van der Waals surface area contributed by atoms with E-state index in [1.807, 2.05) is 6.07 Å². The van der Waals surface area contributed by atoms with Crippen LogP contribution < -0.4 is 0 Å². The summed E-state index contributed by atoms with van der Waals surface area (Å²) in [6, 6.07) is 12.4. The molecular weight excluding hydrogens is 276 g/mol. The quantitative estimate of drug-likeness (QED) is 0.695. The van der Waals surface area contributed by atoms with Crippen molar-refractivity contribution in [3.05, 3.63) is 65.9 Å². The maximum absolute atomic E-state index is 13.4. The minimum Gasteiger partial charge on any atom is -0.296 e. The fourth-order valence-electron chi connectivity index (χ4n) is 2.04. The van der Waals surface area contributed by atoms with E-state index in [0.717, 1.165) is 12.1 Å². The van der Waals surface area contributed by atoms with Crippen molar-refractivity contribution in [3.63, 3.8) is 0 Å². The Morgan fingerprint density at radius 1 is 1.00 bits per heavy atom. The average Bonchev–Trinajstić information content (AvgIpc) is 2.95. The molecule has 1 aromatic heterocycles. The van der Waals surface area contributed by atoms with Crippen molar-refractivity contribution in [1.29, 1.82) is 0 Å². The normalized spacial score (nSPS) is 10.6. The van der Waals surface area contributed by atoms with Gasteiger partial charge in [-0.3, -0.25) is 4.79 Å². The Balaban J connectivity index is 2.23. The van der Waals surface area contributed by atoms with Crippen molar-refractivity contribution in [2.75, 3.05) is 0 Å². The van der Waals surface area contributed by atoms with Crippen molar-refractivity contribution in [3.8, 4) is 16.9 Å². The summed E-state index contributed by atoms with van der Waals surface area (Å²) in [7, 11) is 0. The Bertz CT molecular complexity index is 800. The van der Waals surface area contributed by atoms with Gasteiger partial charge in [-0.05, 0) is 30.3 Å². The number of hydrogen-bond acceptors (Lipinski definition) is 3. The number of para-hydroxylation sites is 1. The number of benzene rings is 2. The zero-order valence-electron chi connectivity index (χ0n) is 10.7. The lowest BCUT2D eigenvalue weighted by molar-refractivity contribution is 0.111. The lowest BCUT2D eigenvalue weighted by Crippen LogP contribution is -2.00. The van der Waals surface area contributed by atoms with E-state index in [2.05, 4.69) is 10.3 Å². The highest BCUT2D eigenvalue weighted by Gasteiger charge is 2.17. The van der Waals surface area contributed by atoms with Crippen LogP contribution in [0.3, 0.4) is 0 Å². The number of nitrogens with zero attached hydrogens (tertiary/aromatic N) is 3. The van der Waals surface area contributed by atoms with Gasteiger partial charge in [0, 0.05) is 5.56 Å².